The van der Waals surface area contributed by atoms with Crippen molar-refractivity contribution in [1.82, 2.24) is 0 Å². The van der Waals surface area contributed by atoms with E-state index in [1.807, 2.05) is 60.7 Å². The van der Waals surface area contributed by atoms with E-state index in [2.05, 4.69) is 0 Å². The van der Waals surface area contributed by atoms with Crippen LogP contribution in [0.5, 0.6) is 11.5 Å². The van der Waals surface area contributed by atoms with Gasteiger partial charge >= 0.3 is 15.2 Å². The molecular weight excluding hydrogens is 522 g/mol. The Hall–Kier alpha value is -3.18. The van der Waals surface area contributed by atoms with Crippen molar-refractivity contribution in [2.45, 2.75) is 25.2 Å². The molecule has 38 heavy (non-hydrogen) atoms. The Morgan fingerprint density at radius 3 is 1.66 bits per heavy atom. The molecule has 1 fully saturated rings. The molecule has 0 aliphatic carbocycles. The molecule has 7 rings (SSSR count). The van der Waals surface area contributed by atoms with E-state index in [4.69, 9.17) is 22.8 Å². The van der Waals surface area contributed by atoms with Crippen molar-refractivity contribution in [3.63, 3.8) is 0 Å². The van der Waals surface area contributed by atoms with Gasteiger partial charge in [0.2, 0.25) is 0 Å². The third kappa shape index (κ3) is 3.94. The third-order valence-electron chi connectivity index (χ3n) is 6.93. The number of fused-ring (bicyclic) bond motifs is 6. The number of rotatable bonds is 4. The quantitative estimate of drug-likeness (QED) is 0.264. The second-order valence-corrected chi connectivity index (χ2v) is 13.1. The minimum atomic E-state index is -3.87. The van der Waals surface area contributed by atoms with E-state index in [0.29, 0.717) is 41.6 Å². The molecule has 4 atom stereocenters. The highest BCUT2D eigenvalue weighted by molar-refractivity contribution is 7.63. The second kappa shape index (κ2) is 9.23. The molecule has 0 saturated carbocycles. The Labute approximate surface area is 220 Å². The molecule has 4 aromatic carbocycles. The third-order valence-corrected chi connectivity index (χ3v) is 10.8. The maximum atomic E-state index is 14.3. The Bertz CT molecular complexity index is 1510. The molecular formula is C29H24O7P2. The lowest BCUT2D eigenvalue weighted by Gasteiger charge is -2.37. The first-order chi connectivity index (χ1) is 18.5. The summed E-state index contributed by atoms with van der Waals surface area (Å²) in [5.41, 5.74) is 3.26. The number of benzene rings is 4. The van der Waals surface area contributed by atoms with Gasteiger partial charge < -0.3 is 13.8 Å². The molecule has 4 aromatic rings. The maximum Gasteiger partial charge on any atom is 0.413 e. The van der Waals surface area contributed by atoms with E-state index in [1.54, 1.807) is 36.4 Å². The predicted molar refractivity (Wildman–Crippen MR) is 144 cm³/mol. The fraction of sp³-hybridized carbons (Fsp3) is 0.172. The molecule has 0 radical (unpaired) electrons. The van der Waals surface area contributed by atoms with Crippen LogP contribution in [0, 0.1) is 0 Å². The zero-order valence-electron chi connectivity index (χ0n) is 20.3. The fourth-order valence-electron chi connectivity index (χ4n) is 5.17. The van der Waals surface area contributed by atoms with E-state index in [1.165, 1.54) is 0 Å². The van der Waals surface area contributed by atoms with Gasteiger partial charge in [0, 0.05) is 28.9 Å². The summed E-state index contributed by atoms with van der Waals surface area (Å²) in [5, 5.41) is 0.925. The highest BCUT2D eigenvalue weighted by atomic mass is 31.2. The molecule has 4 unspecified atom stereocenters. The van der Waals surface area contributed by atoms with Gasteiger partial charge in [-0.25, -0.2) is 9.13 Å². The van der Waals surface area contributed by atoms with Gasteiger partial charge in [0.15, 0.2) is 6.29 Å². The predicted octanol–water partition coefficient (Wildman–Crippen LogP) is 6.68. The molecule has 0 amide bonds. The van der Waals surface area contributed by atoms with Crippen LogP contribution >= 0.6 is 15.2 Å². The van der Waals surface area contributed by atoms with Crippen LogP contribution in [-0.4, -0.2) is 19.0 Å². The molecule has 3 heterocycles. The zero-order chi connectivity index (χ0) is 25.7. The lowest BCUT2D eigenvalue weighted by Crippen LogP contribution is -2.40. The van der Waals surface area contributed by atoms with E-state index in [9.17, 15) is 9.13 Å². The van der Waals surface area contributed by atoms with Crippen molar-refractivity contribution in [3.8, 4) is 33.8 Å². The Balaban J connectivity index is 1.22. The first-order valence-corrected chi connectivity index (χ1v) is 15.6. The van der Waals surface area contributed by atoms with Gasteiger partial charge in [-0.15, -0.1) is 0 Å². The van der Waals surface area contributed by atoms with Crippen molar-refractivity contribution in [1.29, 1.82) is 0 Å². The van der Waals surface area contributed by atoms with Crippen LogP contribution in [0.3, 0.4) is 0 Å². The van der Waals surface area contributed by atoms with Crippen molar-refractivity contribution in [3.05, 3.63) is 97.1 Å². The first-order valence-electron chi connectivity index (χ1n) is 12.5. The van der Waals surface area contributed by atoms with Crippen molar-refractivity contribution >= 4 is 25.8 Å². The van der Waals surface area contributed by atoms with Gasteiger partial charge in [0.1, 0.15) is 17.6 Å². The van der Waals surface area contributed by atoms with Crippen LogP contribution in [0.2, 0.25) is 0 Å². The Morgan fingerprint density at radius 1 is 0.605 bits per heavy atom. The summed E-state index contributed by atoms with van der Waals surface area (Å²) in [4.78, 5) is 0. The summed E-state index contributed by atoms with van der Waals surface area (Å²) in [6, 6.07) is 29.5. The molecule has 0 spiro atoms. The van der Waals surface area contributed by atoms with Gasteiger partial charge in [-0.2, -0.15) is 0 Å². The molecule has 192 valence electrons. The Morgan fingerprint density at radius 2 is 1.08 bits per heavy atom. The summed E-state index contributed by atoms with van der Waals surface area (Å²) >= 11 is 0. The maximum absolute atomic E-state index is 14.3. The molecule has 1 saturated heterocycles. The zero-order valence-corrected chi connectivity index (χ0v) is 22.1. The van der Waals surface area contributed by atoms with E-state index >= 15 is 0 Å². The number of hydrogen-bond acceptors (Lipinski definition) is 7. The molecule has 7 nitrogen and oxygen atoms in total. The minimum absolute atomic E-state index is 0.382. The average Bonchev–Trinajstić information content (AvgIpc) is 2.94. The van der Waals surface area contributed by atoms with Crippen LogP contribution in [0.15, 0.2) is 97.1 Å². The summed E-state index contributed by atoms with van der Waals surface area (Å²) < 4.78 is 59.0. The monoisotopic (exact) mass is 546 g/mol. The van der Waals surface area contributed by atoms with Gasteiger partial charge in [-0.1, -0.05) is 72.8 Å². The lowest BCUT2D eigenvalue weighted by molar-refractivity contribution is -0.164. The Kier molecular flexibility index (Phi) is 5.81. The lowest BCUT2D eigenvalue weighted by atomic mass is 10.0. The topological polar surface area (TPSA) is 80.3 Å². The normalized spacial score (nSPS) is 27.1. The highest BCUT2D eigenvalue weighted by Gasteiger charge is 2.47. The van der Waals surface area contributed by atoms with Gasteiger partial charge in [0.05, 0.1) is 10.6 Å². The summed E-state index contributed by atoms with van der Waals surface area (Å²) in [5.74, 6) is 0.953. The van der Waals surface area contributed by atoms with Crippen molar-refractivity contribution in [2.24, 2.45) is 0 Å². The smallest absolute Gasteiger partial charge is 0.413 e. The molecule has 3 aliphatic rings. The van der Waals surface area contributed by atoms with E-state index < -0.39 is 27.6 Å². The standard InChI is InChI=1S/C29H24O7P2/c30-37(27-17-7-3-12-22(27)20-10-1-5-14-24(20)33-37)35-26-16-9-19-32-29(26)36-38(31)28-18-8-4-13-23(28)21-11-2-6-15-25(21)34-38/h1-8,10-15,17-18,26,29H,9,16,19H2. The number of para-hydroxylation sites is 2. The molecule has 0 aromatic heterocycles. The summed E-state index contributed by atoms with van der Waals surface area (Å²) in [6.07, 6.45) is -0.730. The minimum Gasteiger partial charge on any atom is -0.421 e. The largest absolute Gasteiger partial charge is 0.421 e. The van der Waals surface area contributed by atoms with Crippen molar-refractivity contribution in [2.75, 3.05) is 6.61 Å². The molecule has 9 heteroatoms. The van der Waals surface area contributed by atoms with E-state index in [-0.39, 0.29) is 0 Å². The van der Waals surface area contributed by atoms with Crippen LogP contribution in [0.1, 0.15) is 12.8 Å². The van der Waals surface area contributed by atoms with Crippen LogP contribution < -0.4 is 19.7 Å². The SMILES string of the molecule is O=P1(OC2CCCOC2OP2(=O)Oc3ccccc3-c3ccccc32)Oc2ccccc2-c2ccccc21. The van der Waals surface area contributed by atoms with Crippen LogP contribution in [0.4, 0.5) is 0 Å². The van der Waals surface area contributed by atoms with Gasteiger partial charge in [0.25, 0.3) is 0 Å². The van der Waals surface area contributed by atoms with Gasteiger partial charge in [-0.05, 0) is 37.1 Å². The van der Waals surface area contributed by atoms with Gasteiger partial charge in [-0.3, -0.25) is 9.05 Å². The van der Waals surface area contributed by atoms with Crippen molar-refractivity contribution < 1.29 is 32.0 Å². The summed E-state index contributed by atoms with van der Waals surface area (Å²) in [6.45, 7) is 0.382. The molecule has 0 bridgehead atoms. The number of hydrogen-bond donors (Lipinski definition) is 0. The molecule has 3 aliphatic heterocycles. The summed E-state index contributed by atoms with van der Waals surface area (Å²) in [7, 11) is -7.70. The second-order valence-electron chi connectivity index (χ2n) is 9.33. The highest BCUT2D eigenvalue weighted by Crippen LogP contribution is 2.59. The average molecular weight is 546 g/mol. The fourth-order valence-corrected chi connectivity index (χ4v) is 9.07. The van der Waals surface area contributed by atoms with Crippen LogP contribution in [-0.2, 0) is 22.9 Å². The molecule has 0 N–H and O–H groups in total. The van der Waals surface area contributed by atoms with Crippen LogP contribution in [0.25, 0.3) is 22.3 Å². The first kappa shape index (κ1) is 23.9. The van der Waals surface area contributed by atoms with E-state index in [0.717, 1.165) is 22.3 Å². The number of ether oxygens (including phenoxy) is 1.